The molecule has 0 spiro atoms. The highest BCUT2D eigenvalue weighted by Gasteiger charge is 2.17. The van der Waals surface area contributed by atoms with Crippen LogP contribution < -0.4 is 5.32 Å². The van der Waals surface area contributed by atoms with Crippen molar-refractivity contribution in [3.05, 3.63) is 28.0 Å². The number of rotatable bonds is 5. The van der Waals surface area contributed by atoms with Gasteiger partial charge in [0.15, 0.2) is 5.82 Å². The fraction of sp³-hybridized carbons (Fsp3) is 0.462. The summed E-state index contributed by atoms with van der Waals surface area (Å²) in [5.41, 5.74) is 0.606. The zero-order chi connectivity index (χ0) is 13.7. The van der Waals surface area contributed by atoms with E-state index < -0.39 is 5.82 Å². The molecule has 0 amide bonds. The first-order valence-electron chi connectivity index (χ1n) is 5.76. The summed E-state index contributed by atoms with van der Waals surface area (Å²) < 4.78 is 14.2. The number of nitrogens with one attached hydrogen (secondary N) is 1. The van der Waals surface area contributed by atoms with Crippen LogP contribution in [0, 0.1) is 23.1 Å². The predicted octanol–water partition coefficient (Wildman–Crippen LogP) is 3.28. The van der Waals surface area contributed by atoms with Gasteiger partial charge in [0.25, 0.3) is 0 Å². The van der Waals surface area contributed by atoms with Crippen LogP contribution in [-0.2, 0) is 0 Å². The van der Waals surface area contributed by atoms with Gasteiger partial charge in [-0.05, 0) is 40.4 Å². The first-order chi connectivity index (χ1) is 8.51. The number of hydrogen-bond donors (Lipinski definition) is 2. The summed E-state index contributed by atoms with van der Waals surface area (Å²) in [5.74, 6) is -0.205. The maximum Gasteiger partial charge on any atom is 0.161 e. The number of halogens is 2. The van der Waals surface area contributed by atoms with E-state index >= 15 is 0 Å². The van der Waals surface area contributed by atoms with Crippen molar-refractivity contribution in [3.8, 4) is 6.07 Å². The van der Waals surface area contributed by atoms with Crippen LogP contribution in [-0.4, -0.2) is 17.8 Å². The van der Waals surface area contributed by atoms with Crippen LogP contribution in [0.4, 0.5) is 10.1 Å². The molecule has 1 aromatic carbocycles. The van der Waals surface area contributed by atoms with Crippen molar-refractivity contribution >= 4 is 21.6 Å². The second-order valence-corrected chi connectivity index (χ2v) is 5.20. The van der Waals surface area contributed by atoms with Gasteiger partial charge in [0, 0.05) is 12.6 Å². The minimum atomic E-state index is -0.474. The lowest BCUT2D eigenvalue weighted by molar-refractivity contribution is 0.267. The average molecular weight is 315 g/mol. The highest BCUT2D eigenvalue weighted by Crippen LogP contribution is 2.28. The van der Waals surface area contributed by atoms with Crippen LogP contribution in [0.25, 0.3) is 0 Å². The van der Waals surface area contributed by atoms with Crippen LogP contribution in [0.15, 0.2) is 16.6 Å². The smallest absolute Gasteiger partial charge is 0.161 e. The normalized spacial score (nSPS) is 12.3. The number of aliphatic hydroxyl groups excluding tert-OH is 1. The topological polar surface area (TPSA) is 56.0 Å². The van der Waals surface area contributed by atoms with Gasteiger partial charge in [0.1, 0.15) is 6.07 Å². The molecule has 0 saturated carbocycles. The van der Waals surface area contributed by atoms with Crippen LogP contribution >= 0.6 is 15.9 Å². The first kappa shape index (κ1) is 14.9. The van der Waals surface area contributed by atoms with Gasteiger partial charge in [-0.2, -0.15) is 5.26 Å². The summed E-state index contributed by atoms with van der Waals surface area (Å²) >= 11 is 3.07. The Morgan fingerprint density at radius 3 is 2.67 bits per heavy atom. The Kier molecular flexibility index (Phi) is 5.57. The number of benzene rings is 1. The SMILES string of the molecule is CC(C)C(CCO)Nc1ccc(C#N)c(Br)c1F. The van der Waals surface area contributed by atoms with E-state index in [1.807, 2.05) is 19.9 Å². The number of nitrogens with zero attached hydrogens (tertiary/aromatic N) is 1. The van der Waals surface area contributed by atoms with E-state index in [-0.39, 0.29) is 28.6 Å². The van der Waals surface area contributed by atoms with E-state index in [0.717, 1.165) is 0 Å². The molecule has 0 saturated heterocycles. The Labute approximate surface area is 115 Å². The number of hydrogen-bond acceptors (Lipinski definition) is 3. The minimum absolute atomic E-state index is 0.00987. The van der Waals surface area contributed by atoms with Crippen molar-refractivity contribution in [2.24, 2.45) is 5.92 Å². The summed E-state index contributed by atoms with van der Waals surface area (Å²) in [7, 11) is 0. The molecule has 3 nitrogen and oxygen atoms in total. The van der Waals surface area contributed by atoms with E-state index in [1.165, 1.54) is 0 Å². The molecule has 1 rings (SSSR count). The molecule has 0 aromatic heterocycles. The quantitative estimate of drug-likeness (QED) is 0.877. The van der Waals surface area contributed by atoms with E-state index in [4.69, 9.17) is 10.4 Å². The third kappa shape index (κ3) is 3.44. The Morgan fingerprint density at radius 1 is 1.50 bits per heavy atom. The second-order valence-electron chi connectivity index (χ2n) is 4.41. The minimum Gasteiger partial charge on any atom is -0.396 e. The summed E-state index contributed by atoms with van der Waals surface area (Å²) in [6.45, 7) is 4.06. The molecule has 0 aliphatic carbocycles. The maximum absolute atomic E-state index is 14.0. The number of nitriles is 1. The van der Waals surface area contributed by atoms with Crippen molar-refractivity contribution < 1.29 is 9.50 Å². The van der Waals surface area contributed by atoms with Crippen LogP contribution in [0.2, 0.25) is 0 Å². The number of aliphatic hydroxyl groups is 1. The van der Waals surface area contributed by atoms with Gasteiger partial charge in [-0.15, -0.1) is 0 Å². The molecule has 1 atom stereocenters. The molecule has 1 aromatic rings. The van der Waals surface area contributed by atoms with Gasteiger partial charge < -0.3 is 10.4 Å². The molecule has 0 aliphatic rings. The van der Waals surface area contributed by atoms with Crippen molar-refractivity contribution in [1.82, 2.24) is 0 Å². The monoisotopic (exact) mass is 314 g/mol. The summed E-state index contributed by atoms with van der Waals surface area (Å²) in [6.07, 6.45) is 0.550. The molecule has 18 heavy (non-hydrogen) atoms. The summed E-state index contributed by atoms with van der Waals surface area (Å²) in [5, 5.41) is 20.8. The molecule has 2 N–H and O–H groups in total. The fourth-order valence-electron chi connectivity index (χ4n) is 1.66. The molecule has 0 fully saturated rings. The molecule has 98 valence electrons. The Hall–Kier alpha value is -1.12. The molecular weight excluding hydrogens is 299 g/mol. The molecule has 0 bridgehead atoms. The predicted molar refractivity (Wildman–Crippen MR) is 72.8 cm³/mol. The third-order valence-electron chi connectivity index (χ3n) is 2.79. The average Bonchev–Trinajstić information content (AvgIpc) is 2.34. The Morgan fingerprint density at radius 2 is 2.17 bits per heavy atom. The van der Waals surface area contributed by atoms with Crippen LogP contribution in [0.5, 0.6) is 0 Å². The molecule has 5 heteroatoms. The maximum atomic E-state index is 14.0. The molecule has 0 aliphatic heterocycles. The lowest BCUT2D eigenvalue weighted by Gasteiger charge is -2.23. The van der Waals surface area contributed by atoms with Crippen molar-refractivity contribution in [3.63, 3.8) is 0 Å². The van der Waals surface area contributed by atoms with Crippen molar-refractivity contribution in [1.29, 1.82) is 5.26 Å². The van der Waals surface area contributed by atoms with Gasteiger partial charge in [0.2, 0.25) is 0 Å². The largest absolute Gasteiger partial charge is 0.396 e. The van der Waals surface area contributed by atoms with Crippen molar-refractivity contribution in [2.75, 3.05) is 11.9 Å². The lowest BCUT2D eigenvalue weighted by atomic mass is 10.0. The van der Waals surface area contributed by atoms with Gasteiger partial charge >= 0.3 is 0 Å². The van der Waals surface area contributed by atoms with Crippen LogP contribution in [0.3, 0.4) is 0 Å². The van der Waals surface area contributed by atoms with E-state index in [0.29, 0.717) is 12.1 Å². The zero-order valence-corrected chi connectivity index (χ0v) is 12.0. The van der Waals surface area contributed by atoms with Gasteiger partial charge in [-0.3, -0.25) is 0 Å². The molecule has 1 unspecified atom stereocenters. The lowest BCUT2D eigenvalue weighted by Crippen LogP contribution is -2.27. The fourth-order valence-corrected chi connectivity index (χ4v) is 2.09. The van der Waals surface area contributed by atoms with E-state index in [1.54, 1.807) is 12.1 Å². The first-order valence-corrected chi connectivity index (χ1v) is 6.56. The zero-order valence-electron chi connectivity index (χ0n) is 10.4. The Bertz CT molecular complexity index is 457. The Balaban J connectivity index is 2.97. The van der Waals surface area contributed by atoms with Gasteiger partial charge in [0.05, 0.1) is 15.7 Å². The van der Waals surface area contributed by atoms with E-state index in [2.05, 4.69) is 21.2 Å². The third-order valence-corrected chi connectivity index (χ3v) is 3.56. The number of anilines is 1. The molecule has 0 radical (unpaired) electrons. The summed E-state index contributed by atoms with van der Waals surface area (Å²) in [4.78, 5) is 0. The highest BCUT2D eigenvalue weighted by molar-refractivity contribution is 9.10. The van der Waals surface area contributed by atoms with Gasteiger partial charge in [-0.1, -0.05) is 13.8 Å². The summed E-state index contributed by atoms with van der Waals surface area (Å²) in [6, 6.07) is 5.01. The molecule has 0 heterocycles. The van der Waals surface area contributed by atoms with Crippen molar-refractivity contribution in [2.45, 2.75) is 26.3 Å². The van der Waals surface area contributed by atoms with Crippen LogP contribution in [0.1, 0.15) is 25.8 Å². The standard InChI is InChI=1S/C13H16BrFN2O/c1-8(2)10(5-6-18)17-11-4-3-9(7-16)12(14)13(11)15/h3-4,8,10,17-18H,5-6H2,1-2H3. The second kappa shape index (κ2) is 6.72. The highest BCUT2D eigenvalue weighted by atomic mass is 79.9. The molecular formula is C13H16BrFN2O. The van der Waals surface area contributed by atoms with Gasteiger partial charge in [-0.25, -0.2) is 4.39 Å². The van der Waals surface area contributed by atoms with E-state index in [9.17, 15) is 4.39 Å².